The van der Waals surface area contributed by atoms with E-state index in [1.54, 1.807) is 6.07 Å². The van der Waals surface area contributed by atoms with Crippen molar-refractivity contribution in [2.45, 2.75) is 12.3 Å². The van der Waals surface area contributed by atoms with Crippen LogP contribution in [0.4, 0.5) is 9.18 Å². The Kier molecular flexibility index (Phi) is 6.11. The van der Waals surface area contributed by atoms with Crippen molar-refractivity contribution in [2.75, 3.05) is 0 Å². The van der Waals surface area contributed by atoms with Gasteiger partial charge in [0.1, 0.15) is 5.82 Å². The maximum absolute atomic E-state index is 13.6. The summed E-state index contributed by atoms with van der Waals surface area (Å²) < 4.78 is 13.6. The third kappa shape index (κ3) is 4.97. The van der Waals surface area contributed by atoms with Gasteiger partial charge in [0.2, 0.25) is 0 Å². The average Bonchev–Trinajstić information content (AvgIpc) is 2.38. The molecule has 0 aliphatic heterocycles. The van der Waals surface area contributed by atoms with Gasteiger partial charge in [0, 0.05) is 16.6 Å². The summed E-state index contributed by atoms with van der Waals surface area (Å²) in [4.78, 5) is 12.9. The molecule has 0 saturated heterocycles. The summed E-state index contributed by atoms with van der Waals surface area (Å²) in [6.07, 6.45) is -1.83. The first-order chi connectivity index (χ1) is 9.43. The summed E-state index contributed by atoms with van der Waals surface area (Å²) >= 11 is 3.25. The number of rotatable bonds is 2. The lowest BCUT2D eigenvalue weighted by atomic mass is 10.1. The van der Waals surface area contributed by atoms with Crippen LogP contribution in [-0.4, -0.2) is 21.4 Å². The van der Waals surface area contributed by atoms with Gasteiger partial charge in [0.15, 0.2) is 0 Å². The quantitative estimate of drug-likeness (QED) is 0.798. The van der Waals surface area contributed by atoms with E-state index in [4.69, 9.17) is 15.0 Å². The number of nitrogens with zero attached hydrogens (tertiary/aromatic N) is 1. The van der Waals surface area contributed by atoms with Crippen LogP contribution in [0, 0.1) is 12.7 Å². The Hall–Kier alpha value is -1.95. The van der Waals surface area contributed by atoms with E-state index < -0.39 is 6.16 Å². The van der Waals surface area contributed by atoms with Crippen molar-refractivity contribution in [3.8, 4) is 11.3 Å². The predicted octanol–water partition coefficient (Wildman–Crippen LogP) is 4.31. The van der Waals surface area contributed by atoms with Crippen molar-refractivity contribution in [2.24, 2.45) is 0 Å². The van der Waals surface area contributed by atoms with E-state index in [0.717, 1.165) is 17.0 Å². The smallest absolute Gasteiger partial charge is 0.450 e. The van der Waals surface area contributed by atoms with Gasteiger partial charge in [-0.15, -0.1) is 0 Å². The van der Waals surface area contributed by atoms with E-state index >= 15 is 0 Å². The van der Waals surface area contributed by atoms with Gasteiger partial charge < -0.3 is 10.2 Å². The average molecular weight is 342 g/mol. The first kappa shape index (κ1) is 16.1. The molecule has 2 N–H and O–H groups in total. The summed E-state index contributed by atoms with van der Waals surface area (Å²) in [5, 5.41) is 14.5. The van der Waals surface area contributed by atoms with E-state index in [1.165, 1.54) is 6.07 Å². The van der Waals surface area contributed by atoms with Gasteiger partial charge in [-0.25, -0.2) is 9.18 Å². The fourth-order valence-electron chi connectivity index (χ4n) is 1.52. The fraction of sp³-hybridized carbons (Fsp3) is 0.143. The van der Waals surface area contributed by atoms with E-state index in [2.05, 4.69) is 20.9 Å². The predicted molar refractivity (Wildman–Crippen MR) is 77.7 cm³/mol. The Labute approximate surface area is 124 Å². The summed E-state index contributed by atoms with van der Waals surface area (Å²) in [6.45, 7) is 1.92. The van der Waals surface area contributed by atoms with Crippen LogP contribution in [0.3, 0.4) is 0 Å². The standard InChI is InChI=1S/C13H11BrFN.CH2O3/c1-9-3-2-4-13(16-9)10-5-6-11(8-14)12(15)7-10;2-1(3)4/h2-7H,8H2,1H3;(H2,2,3,4). The number of aryl methyl sites for hydroxylation is 1. The Morgan fingerprint density at radius 2 is 1.95 bits per heavy atom. The fourth-order valence-corrected chi connectivity index (χ4v) is 1.97. The molecule has 0 atom stereocenters. The molecule has 0 bridgehead atoms. The molecule has 20 heavy (non-hydrogen) atoms. The van der Waals surface area contributed by atoms with Crippen LogP contribution >= 0.6 is 15.9 Å². The lowest BCUT2D eigenvalue weighted by Gasteiger charge is -2.04. The Bertz CT molecular complexity index is 601. The highest BCUT2D eigenvalue weighted by molar-refractivity contribution is 9.08. The van der Waals surface area contributed by atoms with Gasteiger partial charge in [-0.1, -0.05) is 34.1 Å². The molecule has 0 fully saturated rings. The lowest BCUT2D eigenvalue weighted by molar-refractivity contribution is 0.137. The van der Waals surface area contributed by atoms with E-state index in [9.17, 15) is 4.39 Å². The molecule has 4 nitrogen and oxygen atoms in total. The minimum Gasteiger partial charge on any atom is -0.450 e. The number of halogens is 2. The second kappa shape index (κ2) is 7.59. The molecule has 2 rings (SSSR count). The molecule has 0 radical (unpaired) electrons. The molecule has 1 aromatic carbocycles. The molecule has 0 aliphatic rings. The molecule has 0 saturated carbocycles. The van der Waals surface area contributed by atoms with Crippen molar-refractivity contribution in [1.29, 1.82) is 0 Å². The topological polar surface area (TPSA) is 70.4 Å². The lowest BCUT2D eigenvalue weighted by Crippen LogP contribution is -1.90. The highest BCUT2D eigenvalue weighted by atomic mass is 79.9. The van der Waals surface area contributed by atoms with E-state index in [-0.39, 0.29) is 5.82 Å². The highest BCUT2D eigenvalue weighted by Crippen LogP contribution is 2.21. The monoisotopic (exact) mass is 341 g/mol. The van der Waals surface area contributed by atoms with Crippen molar-refractivity contribution in [3.05, 3.63) is 53.5 Å². The Balaban J connectivity index is 0.000000444. The highest BCUT2D eigenvalue weighted by Gasteiger charge is 2.05. The molecular formula is C14H13BrFNO3. The van der Waals surface area contributed by atoms with Gasteiger partial charge in [-0.2, -0.15) is 0 Å². The van der Waals surface area contributed by atoms with Gasteiger partial charge >= 0.3 is 6.16 Å². The van der Waals surface area contributed by atoms with Crippen LogP contribution < -0.4 is 0 Å². The molecule has 0 aliphatic carbocycles. The molecule has 0 amide bonds. The van der Waals surface area contributed by atoms with Crippen LogP contribution in [0.1, 0.15) is 11.3 Å². The minimum atomic E-state index is -1.83. The van der Waals surface area contributed by atoms with Crippen LogP contribution in [0.5, 0.6) is 0 Å². The normalized spacial score (nSPS) is 9.55. The van der Waals surface area contributed by atoms with Crippen molar-refractivity contribution < 1.29 is 19.4 Å². The van der Waals surface area contributed by atoms with Gasteiger partial charge in [0.25, 0.3) is 0 Å². The van der Waals surface area contributed by atoms with Crippen molar-refractivity contribution in [3.63, 3.8) is 0 Å². The SMILES string of the molecule is Cc1cccc(-c2ccc(CBr)c(F)c2)n1.O=C(O)O. The number of hydrogen-bond donors (Lipinski definition) is 2. The van der Waals surface area contributed by atoms with Crippen LogP contribution in [-0.2, 0) is 5.33 Å². The Morgan fingerprint density at radius 3 is 2.45 bits per heavy atom. The van der Waals surface area contributed by atoms with Crippen LogP contribution in [0.15, 0.2) is 36.4 Å². The summed E-state index contributed by atoms with van der Waals surface area (Å²) in [6, 6.07) is 10.9. The molecule has 6 heteroatoms. The Morgan fingerprint density at radius 1 is 1.30 bits per heavy atom. The molecule has 1 heterocycles. The first-order valence-corrected chi connectivity index (χ1v) is 6.76. The number of carboxylic acid groups (broad SMARTS) is 2. The number of carbonyl (C=O) groups is 1. The number of aromatic nitrogens is 1. The second-order valence-corrected chi connectivity index (χ2v) is 4.45. The number of hydrogen-bond acceptors (Lipinski definition) is 2. The third-order valence-corrected chi connectivity index (χ3v) is 2.99. The zero-order chi connectivity index (χ0) is 15.1. The molecule has 0 unspecified atom stereocenters. The number of pyridine rings is 1. The van der Waals surface area contributed by atoms with Gasteiger partial charge in [-0.05, 0) is 30.7 Å². The first-order valence-electron chi connectivity index (χ1n) is 5.64. The minimum absolute atomic E-state index is 0.197. The summed E-state index contributed by atoms with van der Waals surface area (Å²) in [5.41, 5.74) is 3.21. The zero-order valence-corrected chi connectivity index (χ0v) is 12.3. The van der Waals surface area contributed by atoms with Gasteiger partial charge in [-0.3, -0.25) is 4.98 Å². The largest absolute Gasteiger partial charge is 0.503 e. The number of alkyl halides is 1. The summed E-state index contributed by atoms with van der Waals surface area (Å²) in [7, 11) is 0. The maximum atomic E-state index is 13.6. The molecule has 2 aromatic rings. The molecular weight excluding hydrogens is 329 g/mol. The zero-order valence-electron chi connectivity index (χ0n) is 10.7. The van der Waals surface area contributed by atoms with Crippen molar-refractivity contribution in [1.82, 2.24) is 4.98 Å². The van der Waals surface area contributed by atoms with E-state index in [0.29, 0.717) is 10.9 Å². The molecule has 1 aromatic heterocycles. The van der Waals surface area contributed by atoms with E-state index in [1.807, 2.05) is 31.2 Å². The van der Waals surface area contributed by atoms with Crippen LogP contribution in [0.2, 0.25) is 0 Å². The number of benzene rings is 1. The van der Waals surface area contributed by atoms with Crippen LogP contribution in [0.25, 0.3) is 11.3 Å². The summed E-state index contributed by atoms with van der Waals surface area (Å²) in [5.74, 6) is -0.197. The third-order valence-electron chi connectivity index (χ3n) is 2.38. The van der Waals surface area contributed by atoms with Crippen molar-refractivity contribution >= 4 is 22.1 Å². The molecule has 0 spiro atoms. The maximum Gasteiger partial charge on any atom is 0.503 e. The second-order valence-electron chi connectivity index (χ2n) is 3.89. The molecule has 106 valence electrons. The van der Waals surface area contributed by atoms with Gasteiger partial charge in [0.05, 0.1) is 5.69 Å².